The van der Waals surface area contributed by atoms with Crippen molar-refractivity contribution in [1.29, 1.82) is 0 Å². The van der Waals surface area contributed by atoms with Gasteiger partial charge in [-0.1, -0.05) is 18.2 Å². The van der Waals surface area contributed by atoms with Crippen molar-refractivity contribution in [2.24, 2.45) is 0 Å². The van der Waals surface area contributed by atoms with Crippen molar-refractivity contribution < 1.29 is 19.4 Å². The number of hydrogen-bond donors (Lipinski definition) is 1. The number of aromatic amines is 1. The Kier molecular flexibility index (Phi) is 5.31. The van der Waals surface area contributed by atoms with Crippen LogP contribution in [-0.2, 0) is 19.6 Å². The van der Waals surface area contributed by atoms with Crippen LogP contribution < -0.4 is 4.90 Å². The van der Waals surface area contributed by atoms with E-state index in [1.165, 1.54) is 10.5 Å². The van der Waals surface area contributed by atoms with Gasteiger partial charge < -0.3 is 19.5 Å². The second kappa shape index (κ2) is 8.37. The number of benzene rings is 1. The van der Waals surface area contributed by atoms with Gasteiger partial charge in [-0.3, -0.25) is 4.79 Å². The maximum absolute atomic E-state index is 13.6. The molecule has 0 saturated carbocycles. The number of fused-ring (bicyclic) bond motifs is 1. The summed E-state index contributed by atoms with van der Waals surface area (Å²) in [5.74, 6) is 0.639. The minimum atomic E-state index is -3.87. The Balaban J connectivity index is 0.00000253. The summed E-state index contributed by atoms with van der Waals surface area (Å²) in [6.45, 7) is 4.10. The molecule has 0 bridgehead atoms. The Morgan fingerprint density at radius 3 is 2.56 bits per heavy atom. The van der Waals surface area contributed by atoms with E-state index in [2.05, 4.69) is 14.9 Å². The van der Waals surface area contributed by atoms with Gasteiger partial charge in [0, 0.05) is 56.8 Å². The number of rotatable bonds is 5. The molecular formula is C24H29N5O4S. The van der Waals surface area contributed by atoms with Gasteiger partial charge in [-0.2, -0.15) is 4.31 Å². The number of nitrogens with zero attached hydrogens (tertiary/aromatic N) is 4. The van der Waals surface area contributed by atoms with E-state index in [9.17, 15) is 13.2 Å². The Morgan fingerprint density at radius 1 is 1.09 bits per heavy atom. The molecule has 1 N–H and O–H groups in total. The third kappa shape index (κ3) is 3.57. The summed E-state index contributed by atoms with van der Waals surface area (Å²) in [5, 5.41) is 1.05. The third-order valence-electron chi connectivity index (χ3n) is 7.00. The van der Waals surface area contributed by atoms with Gasteiger partial charge >= 0.3 is 0 Å². The van der Waals surface area contributed by atoms with Crippen molar-refractivity contribution >= 4 is 32.7 Å². The minimum Gasteiger partial charge on any atom is -0.378 e. The fraction of sp³-hybridized carbons (Fsp3) is 0.417. The standard InChI is InChI=1S/C24H27N5O4S.H2/c30-24(28-10-12-33-13-11-28)22-6-9-29(22)34(31,32)18-15-19(23(25-16-18)27-7-3-8-27)21-14-17-4-1-2-5-20(17)26-21;/h1-2,4-5,14-16,22,26H,3,6-13H2;1H/t22-;/m0./s1. The molecule has 3 aliphatic heterocycles. The first-order valence-corrected chi connectivity index (χ1v) is 13.2. The number of amides is 1. The normalized spacial score (nSPS) is 21.4. The SMILES string of the molecule is O=C([C@@H]1CCN1S(=O)(=O)c1cnc(N2CCC2)c(-c2cc3ccccc3[nH]2)c1)N1CCOCC1.[HH]. The number of morpholine rings is 1. The smallest absolute Gasteiger partial charge is 0.245 e. The predicted octanol–water partition coefficient (Wildman–Crippen LogP) is 2.31. The topological polar surface area (TPSA) is 98.8 Å². The molecule has 3 fully saturated rings. The van der Waals surface area contributed by atoms with Crippen LogP contribution in [0.3, 0.4) is 0 Å². The highest BCUT2D eigenvalue weighted by atomic mass is 32.2. The first kappa shape index (κ1) is 21.6. The number of sulfonamides is 1. The number of hydrogen-bond acceptors (Lipinski definition) is 6. The van der Waals surface area contributed by atoms with E-state index in [1.54, 1.807) is 11.0 Å². The minimum absolute atomic E-state index is 0. The molecule has 1 aromatic carbocycles. The maximum Gasteiger partial charge on any atom is 0.245 e. The number of pyridine rings is 1. The predicted molar refractivity (Wildman–Crippen MR) is 130 cm³/mol. The van der Waals surface area contributed by atoms with Crippen molar-refractivity contribution in [3.63, 3.8) is 0 Å². The van der Waals surface area contributed by atoms with Crippen molar-refractivity contribution in [1.82, 2.24) is 19.2 Å². The van der Waals surface area contributed by atoms with Crippen LogP contribution in [0, 0.1) is 0 Å². The largest absolute Gasteiger partial charge is 0.378 e. The lowest BCUT2D eigenvalue weighted by molar-refractivity contribution is -0.142. The summed E-state index contributed by atoms with van der Waals surface area (Å²) in [7, 11) is -3.87. The molecular weight excluding hydrogens is 454 g/mol. The molecule has 6 rings (SSSR count). The zero-order valence-electron chi connectivity index (χ0n) is 18.8. The Hall–Kier alpha value is -2.95. The van der Waals surface area contributed by atoms with Crippen molar-refractivity contribution in [3.8, 4) is 11.3 Å². The lowest BCUT2D eigenvalue weighted by Gasteiger charge is -2.41. The molecule has 3 saturated heterocycles. The van der Waals surface area contributed by atoms with Crippen LogP contribution >= 0.6 is 0 Å². The summed E-state index contributed by atoms with van der Waals surface area (Å²) in [6.07, 6.45) is 3.06. The van der Waals surface area contributed by atoms with Gasteiger partial charge in [0.25, 0.3) is 0 Å². The molecule has 2 aromatic heterocycles. The lowest BCUT2D eigenvalue weighted by atomic mass is 10.1. The molecule has 10 heteroatoms. The van der Waals surface area contributed by atoms with Crippen LogP contribution in [0.15, 0.2) is 47.5 Å². The first-order valence-electron chi connectivity index (χ1n) is 11.7. The maximum atomic E-state index is 13.6. The van der Waals surface area contributed by atoms with Crippen molar-refractivity contribution in [2.75, 3.05) is 50.8 Å². The summed E-state index contributed by atoms with van der Waals surface area (Å²) >= 11 is 0. The Bertz CT molecular complexity index is 1320. The molecule has 1 amide bonds. The van der Waals surface area contributed by atoms with E-state index >= 15 is 0 Å². The van der Waals surface area contributed by atoms with E-state index < -0.39 is 16.1 Å². The highest BCUT2D eigenvalue weighted by molar-refractivity contribution is 7.89. The molecule has 180 valence electrons. The van der Waals surface area contributed by atoms with Crippen LogP contribution in [0.25, 0.3) is 22.2 Å². The van der Waals surface area contributed by atoms with E-state index in [4.69, 9.17) is 4.74 Å². The quantitative estimate of drug-likeness (QED) is 0.598. The monoisotopic (exact) mass is 483 g/mol. The molecule has 3 aromatic rings. The van der Waals surface area contributed by atoms with Gasteiger partial charge in [-0.15, -0.1) is 0 Å². The number of anilines is 1. The highest BCUT2D eigenvalue weighted by Crippen LogP contribution is 2.36. The number of carbonyl (C=O) groups is 1. The molecule has 5 heterocycles. The van der Waals surface area contributed by atoms with Gasteiger partial charge in [0.15, 0.2) is 0 Å². The fourth-order valence-corrected chi connectivity index (χ4v) is 6.40. The van der Waals surface area contributed by atoms with Gasteiger partial charge in [-0.05, 0) is 31.0 Å². The van der Waals surface area contributed by atoms with Crippen molar-refractivity contribution in [2.45, 2.75) is 23.8 Å². The van der Waals surface area contributed by atoms with E-state index in [0.29, 0.717) is 39.3 Å². The molecule has 0 radical (unpaired) electrons. The summed E-state index contributed by atoms with van der Waals surface area (Å²) in [4.78, 5) is 25.0. The Morgan fingerprint density at radius 2 is 1.88 bits per heavy atom. The molecule has 0 spiro atoms. The van der Waals surface area contributed by atoms with Gasteiger partial charge in [0.05, 0.1) is 18.9 Å². The lowest BCUT2D eigenvalue weighted by Crippen LogP contribution is -2.60. The van der Waals surface area contributed by atoms with E-state index in [-0.39, 0.29) is 12.2 Å². The first-order chi connectivity index (χ1) is 16.5. The van der Waals surface area contributed by atoms with Gasteiger partial charge in [0.2, 0.25) is 15.9 Å². The van der Waals surface area contributed by atoms with E-state index in [1.807, 2.05) is 30.3 Å². The summed E-state index contributed by atoms with van der Waals surface area (Å²) in [6, 6.07) is 11.0. The number of aromatic nitrogens is 2. The number of carbonyl (C=O) groups excluding carboxylic acids is 1. The zero-order chi connectivity index (χ0) is 23.3. The summed E-state index contributed by atoms with van der Waals surface area (Å²) < 4.78 is 33.8. The molecule has 0 unspecified atom stereocenters. The molecule has 1 atom stereocenters. The van der Waals surface area contributed by atoms with Crippen LogP contribution in [-0.4, -0.2) is 85.5 Å². The molecule has 3 aliphatic rings. The second-order valence-electron chi connectivity index (χ2n) is 9.01. The van der Waals surface area contributed by atoms with Crippen LogP contribution in [0.5, 0.6) is 0 Å². The number of H-pyrrole nitrogens is 1. The molecule has 0 aliphatic carbocycles. The number of para-hydroxylation sites is 1. The van der Waals surface area contributed by atoms with Crippen LogP contribution in [0.4, 0.5) is 5.82 Å². The van der Waals surface area contributed by atoms with E-state index in [0.717, 1.165) is 47.5 Å². The molecule has 9 nitrogen and oxygen atoms in total. The number of ether oxygens (including phenoxy) is 1. The summed E-state index contributed by atoms with van der Waals surface area (Å²) in [5.41, 5.74) is 2.57. The third-order valence-corrected chi connectivity index (χ3v) is 8.88. The van der Waals surface area contributed by atoms with Gasteiger partial charge in [-0.25, -0.2) is 13.4 Å². The Labute approximate surface area is 199 Å². The zero-order valence-corrected chi connectivity index (χ0v) is 19.6. The van der Waals surface area contributed by atoms with Crippen molar-refractivity contribution in [3.05, 3.63) is 42.6 Å². The van der Waals surface area contributed by atoms with Gasteiger partial charge in [0.1, 0.15) is 16.8 Å². The average Bonchev–Trinajstić information content (AvgIpc) is 3.22. The average molecular weight is 484 g/mol. The van der Waals surface area contributed by atoms with Crippen LogP contribution in [0.2, 0.25) is 0 Å². The van der Waals surface area contributed by atoms with Crippen LogP contribution in [0.1, 0.15) is 14.3 Å². The fourth-order valence-electron chi connectivity index (χ4n) is 4.80. The molecule has 34 heavy (non-hydrogen) atoms. The highest BCUT2D eigenvalue weighted by Gasteiger charge is 2.45. The second-order valence-corrected chi connectivity index (χ2v) is 10.9. The number of nitrogens with one attached hydrogen (secondary N) is 1.